The highest BCUT2D eigenvalue weighted by Gasteiger charge is 2.56. The third kappa shape index (κ3) is 1.20. The van der Waals surface area contributed by atoms with Gasteiger partial charge >= 0.3 is 0 Å². The van der Waals surface area contributed by atoms with E-state index >= 15 is 0 Å². The first kappa shape index (κ1) is 9.74. The average molecular weight is 229 g/mol. The van der Waals surface area contributed by atoms with Crippen molar-refractivity contribution in [3.05, 3.63) is 30.1 Å². The van der Waals surface area contributed by atoms with Crippen molar-refractivity contribution in [1.29, 1.82) is 0 Å². The molecule has 0 amide bonds. The van der Waals surface area contributed by atoms with E-state index in [-0.39, 0.29) is 11.3 Å². The normalized spacial score (nSPS) is 43.1. The number of pyridine rings is 1. The third-order valence-corrected chi connectivity index (χ3v) is 4.42. The highest BCUT2D eigenvalue weighted by molar-refractivity contribution is 5.95. The molecule has 4 fully saturated rings. The zero-order valence-corrected chi connectivity index (χ0v) is 9.67. The molecule has 1 aromatic rings. The van der Waals surface area contributed by atoms with Gasteiger partial charge in [0.05, 0.1) is 12.1 Å². The van der Waals surface area contributed by atoms with Crippen LogP contribution in [-0.4, -0.2) is 53.4 Å². The fraction of sp³-hybridized carbons (Fsp3) is 0.538. The largest absolute Gasteiger partial charge is 0.298 e. The first-order valence-corrected chi connectivity index (χ1v) is 6.17. The zero-order valence-electron chi connectivity index (χ0n) is 9.67. The lowest BCUT2D eigenvalue weighted by atomic mass is 9.65. The summed E-state index contributed by atoms with van der Waals surface area (Å²) in [6.45, 7) is 4.74. The maximum atomic E-state index is 12.6. The van der Waals surface area contributed by atoms with Crippen LogP contribution in [0.5, 0.6) is 0 Å². The van der Waals surface area contributed by atoms with Gasteiger partial charge in [0.25, 0.3) is 0 Å². The number of carbonyl (C=O) groups excluding carboxylic acids is 1. The van der Waals surface area contributed by atoms with Gasteiger partial charge in [-0.25, -0.2) is 0 Å². The molecule has 4 aliphatic rings. The van der Waals surface area contributed by atoms with Crippen LogP contribution in [-0.2, 0) is 10.2 Å². The molecule has 4 aliphatic heterocycles. The van der Waals surface area contributed by atoms with Gasteiger partial charge in [0, 0.05) is 44.5 Å². The molecule has 88 valence electrons. The first-order chi connectivity index (χ1) is 8.28. The Morgan fingerprint density at radius 2 is 1.82 bits per heavy atom. The molecular weight excluding hydrogens is 214 g/mol. The van der Waals surface area contributed by atoms with Crippen molar-refractivity contribution in [1.82, 2.24) is 14.8 Å². The van der Waals surface area contributed by atoms with E-state index in [1.165, 1.54) is 0 Å². The molecule has 0 radical (unpaired) electrons. The van der Waals surface area contributed by atoms with Gasteiger partial charge in [0.2, 0.25) is 0 Å². The number of hydrogen-bond acceptors (Lipinski definition) is 4. The van der Waals surface area contributed by atoms with Crippen molar-refractivity contribution in [2.45, 2.75) is 5.41 Å². The van der Waals surface area contributed by atoms with Crippen LogP contribution < -0.4 is 0 Å². The number of ketones is 1. The maximum absolute atomic E-state index is 12.6. The van der Waals surface area contributed by atoms with Gasteiger partial charge in [-0.2, -0.15) is 0 Å². The van der Waals surface area contributed by atoms with Crippen LogP contribution in [0.3, 0.4) is 0 Å². The predicted octanol–water partition coefficient (Wildman–Crippen LogP) is 0.107. The molecule has 4 heteroatoms. The molecule has 4 nitrogen and oxygen atoms in total. The Hall–Kier alpha value is -1.26. The van der Waals surface area contributed by atoms with E-state index < -0.39 is 0 Å². The van der Waals surface area contributed by atoms with Crippen molar-refractivity contribution in [3.8, 4) is 0 Å². The standard InChI is InChI=1S/C13H15N3O/c17-12-10-5-15-7-13(12,8-16(6-10)9-15)11-1-3-14-4-2-11/h1-4,10H,5-9H2. The van der Waals surface area contributed by atoms with Gasteiger partial charge in [0.15, 0.2) is 5.78 Å². The zero-order chi connectivity index (χ0) is 11.5. The summed E-state index contributed by atoms with van der Waals surface area (Å²) in [6, 6.07) is 4.01. The van der Waals surface area contributed by atoms with Crippen LogP contribution in [0, 0.1) is 5.92 Å². The third-order valence-electron chi connectivity index (χ3n) is 4.42. The lowest BCUT2D eigenvalue weighted by Gasteiger charge is -2.58. The molecule has 2 atom stereocenters. The summed E-state index contributed by atoms with van der Waals surface area (Å²) >= 11 is 0. The molecule has 0 aliphatic carbocycles. The smallest absolute Gasteiger partial charge is 0.151 e. The maximum Gasteiger partial charge on any atom is 0.151 e. The number of carbonyl (C=O) groups is 1. The molecule has 4 saturated heterocycles. The van der Waals surface area contributed by atoms with Gasteiger partial charge in [-0.1, -0.05) is 0 Å². The fourth-order valence-corrected chi connectivity index (χ4v) is 3.83. The monoisotopic (exact) mass is 229 g/mol. The molecule has 0 spiro atoms. The van der Waals surface area contributed by atoms with Crippen LogP contribution in [0.15, 0.2) is 24.5 Å². The Morgan fingerprint density at radius 3 is 2.47 bits per heavy atom. The van der Waals surface area contributed by atoms with Crippen LogP contribution in [0.1, 0.15) is 5.56 Å². The Balaban J connectivity index is 1.84. The SMILES string of the molecule is O=C1C2CN3CN(C2)CC1(c1ccncc1)C3. The van der Waals surface area contributed by atoms with E-state index in [0.29, 0.717) is 5.78 Å². The number of rotatable bonds is 1. The molecule has 0 N–H and O–H groups in total. The second-order valence-electron chi connectivity index (χ2n) is 5.54. The minimum atomic E-state index is -0.275. The van der Waals surface area contributed by atoms with E-state index in [2.05, 4.69) is 14.8 Å². The summed E-state index contributed by atoms with van der Waals surface area (Å²) < 4.78 is 0. The first-order valence-electron chi connectivity index (χ1n) is 6.17. The number of hydrogen-bond donors (Lipinski definition) is 0. The summed E-state index contributed by atoms with van der Waals surface area (Å²) in [7, 11) is 0. The van der Waals surface area contributed by atoms with Crippen molar-refractivity contribution >= 4 is 5.78 Å². The van der Waals surface area contributed by atoms with E-state index in [0.717, 1.165) is 38.4 Å². The summed E-state index contributed by atoms with van der Waals surface area (Å²) in [5.41, 5.74) is 0.874. The van der Waals surface area contributed by atoms with Crippen molar-refractivity contribution < 1.29 is 4.79 Å². The molecule has 5 rings (SSSR count). The van der Waals surface area contributed by atoms with E-state index in [4.69, 9.17) is 0 Å². The minimum Gasteiger partial charge on any atom is -0.298 e. The fourth-order valence-electron chi connectivity index (χ4n) is 3.83. The molecule has 4 bridgehead atoms. The van der Waals surface area contributed by atoms with E-state index in [9.17, 15) is 4.79 Å². The Morgan fingerprint density at radius 1 is 1.18 bits per heavy atom. The lowest BCUT2D eigenvalue weighted by Crippen LogP contribution is -2.73. The van der Waals surface area contributed by atoms with Crippen LogP contribution in [0.2, 0.25) is 0 Å². The highest BCUT2D eigenvalue weighted by atomic mass is 16.1. The summed E-state index contributed by atoms with van der Waals surface area (Å²) in [4.78, 5) is 21.5. The Labute approximate surface area is 100 Å². The predicted molar refractivity (Wildman–Crippen MR) is 62.4 cm³/mol. The van der Waals surface area contributed by atoms with Crippen molar-refractivity contribution in [2.75, 3.05) is 32.8 Å². The van der Waals surface area contributed by atoms with Gasteiger partial charge < -0.3 is 0 Å². The van der Waals surface area contributed by atoms with E-state index in [1.54, 1.807) is 12.4 Å². The Bertz CT molecular complexity index is 459. The van der Waals surface area contributed by atoms with Gasteiger partial charge in [-0.05, 0) is 17.7 Å². The minimum absolute atomic E-state index is 0.222. The average Bonchev–Trinajstić information content (AvgIpc) is 2.36. The molecular formula is C13H15N3O. The topological polar surface area (TPSA) is 36.4 Å². The number of aromatic nitrogens is 1. The number of piperidine rings is 2. The highest BCUT2D eigenvalue weighted by Crippen LogP contribution is 2.41. The molecule has 0 aromatic carbocycles. The number of nitrogens with zero attached hydrogens (tertiary/aromatic N) is 3. The van der Waals surface area contributed by atoms with Crippen LogP contribution in [0.25, 0.3) is 0 Å². The van der Waals surface area contributed by atoms with Crippen LogP contribution in [0.4, 0.5) is 0 Å². The summed E-state index contributed by atoms with van der Waals surface area (Å²) in [5.74, 6) is 0.676. The van der Waals surface area contributed by atoms with Gasteiger partial charge in [-0.3, -0.25) is 19.6 Å². The van der Waals surface area contributed by atoms with Gasteiger partial charge in [0.1, 0.15) is 0 Å². The lowest BCUT2D eigenvalue weighted by molar-refractivity contribution is -0.153. The van der Waals surface area contributed by atoms with Crippen molar-refractivity contribution in [2.24, 2.45) is 5.92 Å². The van der Waals surface area contributed by atoms with Crippen LogP contribution >= 0.6 is 0 Å². The van der Waals surface area contributed by atoms with Gasteiger partial charge in [-0.15, -0.1) is 0 Å². The Kier molecular flexibility index (Phi) is 1.80. The summed E-state index contributed by atoms with van der Waals surface area (Å²) in [5, 5.41) is 0. The quantitative estimate of drug-likeness (QED) is 0.685. The van der Waals surface area contributed by atoms with E-state index in [1.807, 2.05) is 12.1 Å². The molecule has 1 aromatic heterocycles. The second kappa shape index (κ2) is 3.15. The van der Waals surface area contributed by atoms with Crippen molar-refractivity contribution in [3.63, 3.8) is 0 Å². The summed E-state index contributed by atoms with van der Waals surface area (Å²) in [6.07, 6.45) is 3.59. The number of Topliss-reactive ketones (excluding diaryl/α,β-unsaturated/α-hetero) is 1. The molecule has 0 saturated carbocycles. The molecule has 2 unspecified atom stereocenters. The molecule has 17 heavy (non-hydrogen) atoms. The molecule has 5 heterocycles. The second-order valence-corrected chi connectivity index (χ2v) is 5.54.